The second-order valence-corrected chi connectivity index (χ2v) is 6.78. The van der Waals surface area contributed by atoms with Crippen molar-refractivity contribution < 1.29 is 14.1 Å². The number of methoxy groups -OCH3 is 1. The number of carbonyl (C=O) groups excluding carboxylic acids is 1. The topological polar surface area (TPSA) is 65.2 Å². The second-order valence-electron chi connectivity index (χ2n) is 6.78. The van der Waals surface area contributed by atoms with Crippen LogP contribution in [0, 0.1) is 6.92 Å². The first-order valence-electron chi connectivity index (χ1n) is 9.27. The van der Waals surface area contributed by atoms with E-state index in [-0.39, 0.29) is 0 Å². The van der Waals surface area contributed by atoms with Gasteiger partial charge < -0.3 is 9.26 Å². The summed E-state index contributed by atoms with van der Waals surface area (Å²) in [5.74, 6) is 0.918. The first kappa shape index (κ1) is 18.8. The highest BCUT2D eigenvalue weighted by Gasteiger charge is 2.14. The summed E-state index contributed by atoms with van der Waals surface area (Å²) in [6.45, 7) is 2.58. The molecule has 0 amide bonds. The minimum Gasteiger partial charge on any atom is -0.380 e. The molecular weight excluding hydrogens is 364 g/mol. The van der Waals surface area contributed by atoms with Crippen LogP contribution in [-0.4, -0.2) is 23.5 Å². The van der Waals surface area contributed by atoms with Crippen molar-refractivity contribution in [2.24, 2.45) is 0 Å². The lowest BCUT2D eigenvalue weighted by molar-refractivity contribution is 0.112. The molecule has 0 aliphatic rings. The van der Waals surface area contributed by atoms with Crippen LogP contribution in [-0.2, 0) is 11.3 Å². The van der Waals surface area contributed by atoms with Gasteiger partial charge in [-0.15, -0.1) is 0 Å². The Kier molecular flexibility index (Phi) is 5.31. The summed E-state index contributed by atoms with van der Waals surface area (Å²) in [5.41, 5.74) is 6.78. The van der Waals surface area contributed by atoms with Crippen LogP contribution in [0.15, 0.2) is 71.3 Å². The molecule has 5 heteroatoms. The van der Waals surface area contributed by atoms with Crippen molar-refractivity contribution in [2.45, 2.75) is 13.5 Å². The molecule has 0 saturated carbocycles. The molecule has 4 rings (SSSR count). The molecule has 0 fully saturated rings. The van der Waals surface area contributed by atoms with Crippen LogP contribution in [0.4, 0.5) is 0 Å². The molecule has 0 saturated heterocycles. The summed E-state index contributed by atoms with van der Waals surface area (Å²) in [6, 6.07) is 21.4. The van der Waals surface area contributed by atoms with Crippen LogP contribution in [0.25, 0.3) is 34.0 Å². The molecule has 3 aromatic carbocycles. The summed E-state index contributed by atoms with van der Waals surface area (Å²) in [4.78, 5) is 15.3. The van der Waals surface area contributed by atoms with E-state index in [2.05, 4.69) is 35.3 Å². The van der Waals surface area contributed by atoms with E-state index in [0.717, 1.165) is 28.5 Å². The zero-order valence-electron chi connectivity index (χ0n) is 16.3. The predicted molar refractivity (Wildman–Crippen MR) is 111 cm³/mol. The van der Waals surface area contributed by atoms with E-state index in [0.29, 0.717) is 23.9 Å². The summed E-state index contributed by atoms with van der Waals surface area (Å²) >= 11 is 0. The van der Waals surface area contributed by atoms with Crippen molar-refractivity contribution in [3.63, 3.8) is 0 Å². The molecule has 0 radical (unpaired) electrons. The number of aromatic nitrogens is 2. The highest BCUT2D eigenvalue weighted by Crippen LogP contribution is 2.31. The van der Waals surface area contributed by atoms with Gasteiger partial charge in [0.2, 0.25) is 5.82 Å². The van der Waals surface area contributed by atoms with Gasteiger partial charge in [-0.1, -0.05) is 59.8 Å². The average Bonchev–Trinajstić information content (AvgIpc) is 3.25. The van der Waals surface area contributed by atoms with E-state index >= 15 is 0 Å². The van der Waals surface area contributed by atoms with E-state index in [1.807, 2.05) is 24.3 Å². The molecule has 0 aliphatic carbocycles. The lowest BCUT2D eigenvalue weighted by atomic mass is 9.94. The second kappa shape index (κ2) is 8.20. The molecule has 0 spiro atoms. The first-order chi connectivity index (χ1) is 14.2. The molecule has 4 aromatic rings. The van der Waals surface area contributed by atoms with Gasteiger partial charge in [0.25, 0.3) is 5.89 Å². The van der Waals surface area contributed by atoms with Gasteiger partial charge in [-0.25, -0.2) is 0 Å². The maximum Gasteiger partial charge on any atom is 0.258 e. The quantitative estimate of drug-likeness (QED) is 0.420. The van der Waals surface area contributed by atoms with E-state index in [4.69, 9.17) is 9.26 Å². The predicted octanol–water partition coefficient (Wildman–Crippen LogP) is 5.34. The zero-order valence-corrected chi connectivity index (χ0v) is 16.3. The van der Waals surface area contributed by atoms with Crippen LogP contribution >= 0.6 is 0 Å². The molecule has 0 bridgehead atoms. The molecule has 5 nitrogen and oxygen atoms in total. The number of aryl methyl sites for hydroxylation is 1. The fourth-order valence-corrected chi connectivity index (χ4v) is 3.31. The van der Waals surface area contributed by atoms with E-state index in [1.165, 1.54) is 11.1 Å². The van der Waals surface area contributed by atoms with Gasteiger partial charge in [0.1, 0.15) is 6.29 Å². The van der Waals surface area contributed by atoms with Crippen LogP contribution < -0.4 is 0 Å². The largest absolute Gasteiger partial charge is 0.380 e. The van der Waals surface area contributed by atoms with E-state index < -0.39 is 0 Å². The van der Waals surface area contributed by atoms with Crippen molar-refractivity contribution in [3.8, 4) is 34.0 Å². The van der Waals surface area contributed by atoms with Gasteiger partial charge in [-0.2, -0.15) is 4.98 Å². The third-order valence-corrected chi connectivity index (χ3v) is 4.82. The maximum absolute atomic E-state index is 10.8. The number of hydrogen-bond donors (Lipinski definition) is 0. The molecule has 0 atom stereocenters. The van der Waals surface area contributed by atoms with Gasteiger partial charge in [0, 0.05) is 23.8 Å². The molecule has 1 heterocycles. The van der Waals surface area contributed by atoms with E-state index in [9.17, 15) is 4.79 Å². The number of carbonyl (C=O) groups is 1. The summed E-state index contributed by atoms with van der Waals surface area (Å²) in [5, 5.41) is 4.08. The Morgan fingerprint density at radius 1 is 0.966 bits per heavy atom. The minimum atomic E-state index is 0.438. The molecule has 1 aromatic heterocycles. The summed E-state index contributed by atoms with van der Waals surface area (Å²) in [7, 11) is 1.68. The smallest absolute Gasteiger partial charge is 0.258 e. The van der Waals surface area contributed by atoms with Crippen molar-refractivity contribution in [2.75, 3.05) is 7.11 Å². The summed E-state index contributed by atoms with van der Waals surface area (Å²) in [6.07, 6.45) is 0.804. The minimum absolute atomic E-state index is 0.438. The Bertz CT molecular complexity index is 1150. The Labute approximate surface area is 169 Å². The van der Waals surface area contributed by atoms with Gasteiger partial charge in [-0.3, -0.25) is 4.79 Å². The van der Waals surface area contributed by atoms with Gasteiger partial charge >= 0.3 is 0 Å². The average molecular weight is 384 g/mol. The third kappa shape index (κ3) is 3.86. The number of ether oxygens (including phenoxy) is 1. The molecular formula is C24H20N2O3. The fourth-order valence-electron chi connectivity index (χ4n) is 3.31. The molecule has 0 aliphatic heterocycles. The van der Waals surface area contributed by atoms with Crippen LogP contribution in [0.1, 0.15) is 21.5 Å². The van der Waals surface area contributed by atoms with Crippen LogP contribution in [0.3, 0.4) is 0 Å². The Morgan fingerprint density at radius 3 is 2.45 bits per heavy atom. The molecule has 0 N–H and O–H groups in total. The maximum atomic E-state index is 10.8. The van der Waals surface area contributed by atoms with Gasteiger partial charge in [0.05, 0.1) is 6.61 Å². The number of rotatable bonds is 6. The lowest BCUT2D eigenvalue weighted by Crippen LogP contribution is -1.95. The van der Waals surface area contributed by atoms with Crippen molar-refractivity contribution in [1.29, 1.82) is 0 Å². The van der Waals surface area contributed by atoms with Crippen molar-refractivity contribution >= 4 is 6.29 Å². The highest BCUT2D eigenvalue weighted by molar-refractivity contribution is 5.76. The highest BCUT2D eigenvalue weighted by atomic mass is 16.5. The zero-order chi connectivity index (χ0) is 20.2. The number of nitrogens with zero attached hydrogens (tertiary/aromatic N) is 2. The summed E-state index contributed by atoms with van der Waals surface area (Å²) < 4.78 is 10.9. The lowest BCUT2D eigenvalue weighted by Gasteiger charge is -2.12. The van der Waals surface area contributed by atoms with Crippen LogP contribution in [0.5, 0.6) is 0 Å². The Balaban J connectivity index is 1.70. The first-order valence-corrected chi connectivity index (χ1v) is 9.27. The standard InChI is InChI=1S/C24H20N2O3/c1-16-5-3-4-6-21(16)22-12-11-19(13-20(22)15-28-2)24-25-23(26-29-24)18-9-7-17(14-27)8-10-18/h3-14H,15H2,1-2H3. The third-order valence-electron chi connectivity index (χ3n) is 4.82. The number of benzene rings is 3. The molecule has 29 heavy (non-hydrogen) atoms. The number of aldehydes is 1. The monoisotopic (exact) mass is 384 g/mol. The van der Waals surface area contributed by atoms with E-state index in [1.54, 1.807) is 31.4 Å². The Morgan fingerprint density at radius 2 is 1.72 bits per heavy atom. The Hall–Kier alpha value is -3.57. The number of hydrogen-bond acceptors (Lipinski definition) is 5. The van der Waals surface area contributed by atoms with Gasteiger partial charge in [-0.05, 0) is 41.3 Å². The SMILES string of the molecule is COCc1cc(-c2nc(-c3ccc(C=O)cc3)no2)ccc1-c1ccccc1C. The van der Waals surface area contributed by atoms with Crippen LogP contribution in [0.2, 0.25) is 0 Å². The van der Waals surface area contributed by atoms with Crippen molar-refractivity contribution in [1.82, 2.24) is 10.1 Å². The normalized spacial score (nSPS) is 10.8. The fraction of sp³-hybridized carbons (Fsp3) is 0.125. The van der Waals surface area contributed by atoms with Crippen molar-refractivity contribution in [3.05, 3.63) is 83.4 Å². The molecule has 0 unspecified atom stereocenters. The molecule has 144 valence electrons. The van der Waals surface area contributed by atoms with Gasteiger partial charge in [0.15, 0.2) is 0 Å².